The van der Waals surface area contributed by atoms with Gasteiger partial charge in [0.1, 0.15) is 5.78 Å². The molecule has 0 spiro atoms. The second kappa shape index (κ2) is 6.76. The monoisotopic (exact) mass is 317 g/mol. The first-order valence-electron chi connectivity index (χ1n) is 7.42. The Bertz CT molecular complexity index is 647. The third-order valence-electron chi connectivity index (χ3n) is 3.59. The average molecular weight is 317 g/mol. The maximum atomic E-state index is 13.0. The molecule has 1 aliphatic heterocycles. The molecular weight excluding hydrogens is 297 g/mol. The molecule has 1 N–H and O–H groups in total. The zero-order valence-electron chi connectivity index (χ0n) is 12.5. The molecule has 22 heavy (non-hydrogen) atoms. The number of hydrogen-bond donors (Lipinski definition) is 1. The van der Waals surface area contributed by atoms with Crippen molar-refractivity contribution < 1.29 is 13.6 Å². The first-order chi connectivity index (χ1) is 10.7. The van der Waals surface area contributed by atoms with Gasteiger partial charge in [0.05, 0.1) is 12.7 Å². The Morgan fingerprint density at radius 3 is 2.36 bits per heavy atom. The van der Waals surface area contributed by atoms with Crippen molar-refractivity contribution in [3.05, 3.63) is 71.8 Å². The van der Waals surface area contributed by atoms with E-state index in [2.05, 4.69) is 5.32 Å². The maximum absolute atomic E-state index is 13.0. The number of rotatable bonds is 5. The Labute approximate surface area is 131 Å². The summed E-state index contributed by atoms with van der Waals surface area (Å²) in [7, 11) is -3.21. The van der Waals surface area contributed by atoms with Crippen molar-refractivity contribution in [2.75, 3.05) is 6.61 Å². The predicted octanol–water partition coefficient (Wildman–Crippen LogP) is 4.10. The first kappa shape index (κ1) is 15.4. The lowest BCUT2D eigenvalue weighted by Gasteiger charge is -2.24. The highest BCUT2D eigenvalue weighted by molar-refractivity contribution is 7.54. The minimum Gasteiger partial charge on any atom is -0.304 e. The Hall–Kier alpha value is -1.45. The van der Waals surface area contributed by atoms with Gasteiger partial charge in [-0.25, -0.2) is 0 Å². The van der Waals surface area contributed by atoms with E-state index in [9.17, 15) is 4.57 Å². The van der Waals surface area contributed by atoms with Crippen LogP contribution < -0.4 is 5.32 Å². The molecule has 2 aromatic carbocycles. The maximum Gasteiger partial charge on any atom is 0.352 e. The van der Waals surface area contributed by atoms with Gasteiger partial charge in [-0.3, -0.25) is 9.88 Å². The van der Waals surface area contributed by atoms with Gasteiger partial charge in [0, 0.05) is 6.54 Å². The molecule has 1 heterocycles. The Balaban J connectivity index is 1.82. The van der Waals surface area contributed by atoms with Crippen LogP contribution in [0.1, 0.15) is 23.8 Å². The van der Waals surface area contributed by atoms with Crippen LogP contribution in [0.15, 0.2) is 60.7 Å². The van der Waals surface area contributed by atoms with Crippen LogP contribution in [0.5, 0.6) is 0 Å². The summed E-state index contributed by atoms with van der Waals surface area (Å²) in [5.41, 5.74) is 2.04. The molecule has 0 unspecified atom stereocenters. The summed E-state index contributed by atoms with van der Waals surface area (Å²) < 4.78 is 24.2. The Morgan fingerprint density at radius 1 is 1.14 bits per heavy atom. The molecule has 1 fully saturated rings. The third kappa shape index (κ3) is 3.47. The van der Waals surface area contributed by atoms with Gasteiger partial charge in [0.2, 0.25) is 0 Å². The van der Waals surface area contributed by atoms with E-state index in [1.165, 1.54) is 0 Å². The molecular formula is C17H20NO3P. The number of nitrogens with one attached hydrogen (secondary N) is 1. The lowest BCUT2D eigenvalue weighted by molar-refractivity contribution is 0.253. The van der Waals surface area contributed by atoms with E-state index in [0.717, 1.165) is 11.1 Å². The van der Waals surface area contributed by atoms with Gasteiger partial charge < -0.3 is 9.05 Å². The summed E-state index contributed by atoms with van der Waals surface area (Å²) in [6.45, 7) is 2.85. The molecule has 0 bridgehead atoms. The van der Waals surface area contributed by atoms with Gasteiger partial charge in [-0.2, -0.15) is 0 Å². The van der Waals surface area contributed by atoms with Gasteiger partial charge >= 0.3 is 7.60 Å². The van der Waals surface area contributed by atoms with Crippen LogP contribution in [0.25, 0.3) is 0 Å². The second-order valence-corrected chi connectivity index (χ2v) is 7.50. The van der Waals surface area contributed by atoms with Crippen LogP contribution >= 0.6 is 7.60 Å². The van der Waals surface area contributed by atoms with E-state index in [-0.39, 0.29) is 6.10 Å². The van der Waals surface area contributed by atoms with Crippen molar-refractivity contribution in [3.63, 3.8) is 0 Å². The van der Waals surface area contributed by atoms with Crippen LogP contribution in [0, 0.1) is 0 Å². The van der Waals surface area contributed by atoms with Crippen molar-refractivity contribution in [1.82, 2.24) is 5.32 Å². The standard InChI is InChI=1S/C17H20NO3P/c1-14-13-20-22(19,21-14)17(16-10-6-3-7-11-16)18-12-15-8-4-2-5-9-15/h2-11,14,17-18H,12-13H2,1H3/t14-,17-,22+/m0/s1. The lowest BCUT2D eigenvalue weighted by atomic mass is 10.2. The van der Waals surface area contributed by atoms with E-state index in [0.29, 0.717) is 13.2 Å². The summed E-state index contributed by atoms with van der Waals surface area (Å²) >= 11 is 0. The smallest absolute Gasteiger partial charge is 0.304 e. The van der Waals surface area contributed by atoms with Gasteiger partial charge in [-0.1, -0.05) is 60.7 Å². The van der Waals surface area contributed by atoms with E-state index in [4.69, 9.17) is 9.05 Å². The fourth-order valence-electron chi connectivity index (χ4n) is 2.51. The normalized spacial score (nSPS) is 26.0. The first-order valence-corrected chi connectivity index (χ1v) is 9.03. The number of hydrogen-bond acceptors (Lipinski definition) is 4. The zero-order chi connectivity index (χ0) is 15.4. The summed E-state index contributed by atoms with van der Waals surface area (Å²) in [6, 6.07) is 19.7. The molecule has 4 nitrogen and oxygen atoms in total. The molecule has 0 saturated carbocycles. The Kier molecular flexibility index (Phi) is 4.74. The molecule has 0 amide bonds. The molecule has 0 aliphatic carbocycles. The Morgan fingerprint density at radius 2 is 1.77 bits per heavy atom. The van der Waals surface area contributed by atoms with Crippen LogP contribution in [0.3, 0.4) is 0 Å². The largest absolute Gasteiger partial charge is 0.352 e. The highest BCUT2D eigenvalue weighted by Gasteiger charge is 2.43. The van der Waals surface area contributed by atoms with E-state index in [1.807, 2.05) is 67.6 Å². The van der Waals surface area contributed by atoms with Crippen molar-refractivity contribution in [1.29, 1.82) is 0 Å². The zero-order valence-corrected chi connectivity index (χ0v) is 13.4. The highest BCUT2D eigenvalue weighted by atomic mass is 31.2. The minimum atomic E-state index is -3.21. The summed E-state index contributed by atoms with van der Waals surface area (Å²) in [5.74, 6) is -0.459. The molecule has 0 radical (unpaired) electrons. The van der Waals surface area contributed by atoms with E-state index < -0.39 is 13.4 Å². The molecule has 3 rings (SSSR count). The second-order valence-electron chi connectivity index (χ2n) is 5.43. The number of benzene rings is 2. The van der Waals surface area contributed by atoms with E-state index >= 15 is 0 Å². The molecule has 116 valence electrons. The van der Waals surface area contributed by atoms with Gasteiger partial charge in [0.25, 0.3) is 0 Å². The lowest BCUT2D eigenvalue weighted by Crippen LogP contribution is -2.21. The van der Waals surface area contributed by atoms with Gasteiger partial charge in [0.15, 0.2) is 0 Å². The topological polar surface area (TPSA) is 47.6 Å². The van der Waals surface area contributed by atoms with E-state index in [1.54, 1.807) is 0 Å². The van der Waals surface area contributed by atoms with Crippen LogP contribution in [-0.2, 0) is 20.2 Å². The molecule has 1 saturated heterocycles. The summed E-state index contributed by atoms with van der Waals surface area (Å²) in [6.07, 6.45) is -0.143. The summed E-state index contributed by atoms with van der Waals surface area (Å²) in [4.78, 5) is 0. The fourth-order valence-corrected chi connectivity index (χ4v) is 4.68. The van der Waals surface area contributed by atoms with Crippen molar-refractivity contribution in [2.45, 2.75) is 25.4 Å². The van der Waals surface area contributed by atoms with Gasteiger partial charge in [-0.05, 0) is 18.1 Å². The van der Waals surface area contributed by atoms with Crippen LogP contribution in [0.4, 0.5) is 0 Å². The molecule has 0 aromatic heterocycles. The van der Waals surface area contributed by atoms with Crippen LogP contribution in [-0.4, -0.2) is 12.7 Å². The van der Waals surface area contributed by atoms with Crippen LogP contribution in [0.2, 0.25) is 0 Å². The van der Waals surface area contributed by atoms with Crippen molar-refractivity contribution in [3.8, 4) is 0 Å². The van der Waals surface area contributed by atoms with Gasteiger partial charge in [-0.15, -0.1) is 0 Å². The molecule has 5 heteroatoms. The van der Waals surface area contributed by atoms with Crippen molar-refractivity contribution >= 4 is 7.60 Å². The quantitative estimate of drug-likeness (QED) is 0.843. The van der Waals surface area contributed by atoms with Crippen molar-refractivity contribution in [2.24, 2.45) is 0 Å². The highest BCUT2D eigenvalue weighted by Crippen LogP contribution is 2.63. The summed E-state index contributed by atoms with van der Waals surface area (Å²) in [5, 5.41) is 3.34. The average Bonchev–Trinajstić information content (AvgIpc) is 2.89. The molecule has 3 atom stereocenters. The fraction of sp³-hybridized carbons (Fsp3) is 0.294. The SMILES string of the molecule is C[C@H]1CO[P@](=O)([C@H](NCc2ccccc2)c2ccccc2)O1. The minimum absolute atomic E-state index is 0.143. The molecule has 1 aliphatic rings. The predicted molar refractivity (Wildman–Crippen MR) is 86.6 cm³/mol. The third-order valence-corrected chi connectivity index (χ3v) is 5.87. The molecule has 2 aromatic rings.